The number of hydrogen-bond acceptors (Lipinski definition) is 3. The molecule has 0 amide bonds. The Hall–Kier alpha value is -1.12. The lowest BCUT2D eigenvalue weighted by molar-refractivity contribution is -0.132. The van der Waals surface area contributed by atoms with Gasteiger partial charge in [-0.25, -0.2) is 0 Å². The predicted octanol–water partition coefficient (Wildman–Crippen LogP) is 1.08. The summed E-state index contributed by atoms with van der Waals surface area (Å²) >= 11 is 0. The monoisotopic (exact) mass is 168 g/mol. The maximum atomic E-state index is 11.4. The normalized spacial score (nSPS) is 22.1. The maximum Gasteiger partial charge on any atom is 0.166 e. The van der Waals surface area contributed by atoms with Crippen LogP contribution in [0.5, 0.6) is 0 Å². The molecule has 0 spiro atoms. The zero-order chi connectivity index (χ0) is 9.35. The Morgan fingerprint density at radius 3 is 2.50 bits per heavy atom. The van der Waals surface area contributed by atoms with Crippen LogP contribution in [0, 0.1) is 5.41 Å². The van der Waals surface area contributed by atoms with Crippen molar-refractivity contribution in [2.24, 2.45) is 5.41 Å². The van der Waals surface area contributed by atoms with Gasteiger partial charge in [0.1, 0.15) is 5.76 Å². The molecule has 0 aromatic carbocycles. The van der Waals surface area contributed by atoms with Crippen molar-refractivity contribution in [3.05, 3.63) is 11.8 Å². The van der Waals surface area contributed by atoms with Crippen LogP contribution in [0.2, 0.25) is 0 Å². The van der Waals surface area contributed by atoms with Crippen LogP contribution in [0.25, 0.3) is 0 Å². The SMILES string of the molecule is COC1=CC(=O)CC(=O)C1(C)C. The number of rotatable bonds is 1. The third kappa shape index (κ3) is 1.26. The van der Waals surface area contributed by atoms with Gasteiger partial charge in [-0.2, -0.15) is 0 Å². The first-order valence-electron chi connectivity index (χ1n) is 3.81. The molecule has 0 saturated heterocycles. The molecule has 0 aliphatic heterocycles. The van der Waals surface area contributed by atoms with Crippen molar-refractivity contribution in [1.29, 1.82) is 0 Å². The van der Waals surface area contributed by atoms with E-state index in [9.17, 15) is 9.59 Å². The third-order valence-corrected chi connectivity index (χ3v) is 2.16. The lowest BCUT2D eigenvalue weighted by Gasteiger charge is -2.27. The number of carbonyl (C=O) groups excluding carboxylic acids is 2. The minimum absolute atomic E-state index is 0.000139. The number of carbonyl (C=O) groups is 2. The topological polar surface area (TPSA) is 43.4 Å². The second kappa shape index (κ2) is 2.73. The van der Waals surface area contributed by atoms with Gasteiger partial charge >= 0.3 is 0 Å². The van der Waals surface area contributed by atoms with Crippen LogP contribution in [-0.2, 0) is 14.3 Å². The Morgan fingerprint density at radius 2 is 2.00 bits per heavy atom. The summed E-state index contributed by atoms with van der Waals surface area (Å²) in [7, 11) is 1.47. The van der Waals surface area contributed by atoms with Gasteiger partial charge in [0.05, 0.1) is 18.9 Å². The van der Waals surface area contributed by atoms with E-state index in [0.29, 0.717) is 5.76 Å². The van der Waals surface area contributed by atoms with Gasteiger partial charge in [0, 0.05) is 6.08 Å². The van der Waals surface area contributed by atoms with E-state index < -0.39 is 5.41 Å². The zero-order valence-electron chi connectivity index (χ0n) is 7.51. The molecule has 0 saturated carbocycles. The average molecular weight is 168 g/mol. The first-order valence-corrected chi connectivity index (χ1v) is 3.81. The summed E-state index contributed by atoms with van der Waals surface area (Å²) < 4.78 is 4.97. The van der Waals surface area contributed by atoms with Gasteiger partial charge in [0.25, 0.3) is 0 Å². The van der Waals surface area contributed by atoms with E-state index in [1.54, 1.807) is 13.8 Å². The number of allylic oxidation sites excluding steroid dienone is 2. The van der Waals surface area contributed by atoms with E-state index in [2.05, 4.69) is 0 Å². The molecule has 3 heteroatoms. The van der Waals surface area contributed by atoms with Crippen molar-refractivity contribution in [2.75, 3.05) is 7.11 Å². The zero-order valence-corrected chi connectivity index (χ0v) is 7.51. The molecule has 0 aromatic rings. The standard InChI is InChI=1S/C9H12O3/c1-9(2)7(11)4-6(10)5-8(9)12-3/h5H,4H2,1-3H3. The van der Waals surface area contributed by atoms with Gasteiger partial charge in [-0.05, 0) is 13.8 Å². The predicted molar refractivity (Wildman–Crippen MR) is 43.5 cm³/mol. The molecule has 12 heavy (non-hydrogen) atoms. The van der Waals surface area contributed by atoms with Gasteiger partial charge in [-0.3, -0.25) is 9.59 Å². The van der Waals surface area contributed by atoms with Crippen LogP contribution in [0.3, 0.4) is 0 Å². The van der Waals surface area contributed by atoms with Crippen molar-refractivity contribution >= 4 is 11.6 Å². The molecule has 1 aliphatic carbocycles. The Kier molecular flexibility index (Phi) is 2.04. The summed E-state index contributed by atoms with van der Waals surface area (Å²) in [4.78, 5) is 22.3. The van der Waals surface area contributed by atoms with Crippen molar-refractivity contribution in [3.8, 4) is 0 Å². The van der Waals surface area contributed by atoms with Crippen molar-refractivity contribution in [1.82, 2.24) is 0 Å². The molecule has 0 fully saturated rings. The number of ketones is 2. The highest BCUT2D eigenvalue weighted by Gasteiger charge is 2.37. The summed E-state index contributed by atoms with van der Waals surface area (Å²) in [5.41, 5.74) is -0.636. The largest absolute Gasteiger partial charge is 0.500 e. The molecule has 0 radical (unpaired) electrons. The quantitative estimate of drug-likeness (QED) is 0.550. The van der Waals surface area contributed by atoms with Gasteiger partial charge in [0.15, 0.2) is 11.6 Å². The molecule has 0 aromatic heterocycles. The van der Waals surface area contributed by atoms with Crippen molar-refractivity contribution < 1.29 is 14.3 Å². The molecule has 66 valence electrons. The van der Waals surface area contributed by atoms with Gasteiger partial charge < -0.3 is 4.74 Å². The van der Waals surface area contributed by atoms with E-state index in [0.717, 1.165) is 0 Å². The van der Waals surface area contributed by atoms with E-state index in [1.165, 1.54) is 13.2 Å². The lowest BCUT2D eigenvalue weighted by Crippen LogP contribution is -2.33. The Bertz CT molecular complexity index is 261. The molecular weight excluding hydrogens is 156 g/mol. The molecule has 1 aliphatic rings. The van der Waals surface area contributed by atoms with Crippen LogP contribution in [0.15, 0.2) is 11.8 Å². The first kappa shape index (κ1) is 8.97. The summed E-state index contributed by atoms with van der Waals surface area (Å²) in [6.45, 7) is 3.52. The molecule has 1 rings (SSSR count). The highest BCUT2D eigenvalue weighted by atomic mass is 16.5. The number of ether oxygens (including phenoxy) is 1. The summed E-state index contributed by atoms with van der Waals surface area (Å²) in [5, 5.41) is 0. The maximum absolute atomic E-state index is 11.4. The van der Waals surface area contributed by atoms with E-state index in [4.69, 9.17) is 4.74 Å². The van der Waals surface area contributed by atoms with E-state index >= 15 is 0 Å². The number of hydrogen-bond donors (Lipinski definition) is 0. The molecule has 0 atom stereocenters. The van der Waals surface area contributed by atoms with Gasteiger partial charge in [0.2, 0.25) is 0 Å². The Morgan fingerprint density at radius 1 is 1.42 bits per heavy atom. The molecule has 0 heterocycles. The van der Waals surface area contributed by atoms with Crippen LogP contribution in [-0.4, -0.2) is 18.7 Å². The summed E-state index contributed by atoms with van der Waals surface area (Å²) in [6.07, 6.45) is 1.40. The fourth-order valence-corrected chi connectivity index (χ4v) is 1.21. The van der Waals surface area contributed by atoms with Crippen LogP contribution < -0.4 is 0 Å². The fraction of sp³-hybridized carbons (Fsp3) is 0.556. The Labute approximate surface area is 71.4 Å². The highest BCUT2D eigenvalue weighted by molar-refractivity contribution is 6.10. The second-order valence-electron chi connectivity index (χ2n) is 3.40. The number of methoxy groups -OCH3 is 1. The minimum Gasteiger partial charge on any atom is -0.500 e. The van der Waals surface area contributed by atoms with Crippen molar-refractivity contribution in [3.63, 3.8) is 0 Å². The van der Waals surface area contributed by atoms with Crippen LogP contribution >= 0.6 is 0 Å². The smallest absolute Gasteiger partial charge is 0.166 e. The molecule has 3 nitrogen and oxygen atoms in total. The summed E-state index contributed by atoms with van der Waals surface area (Å²) in [6, 6.07) is 0. The van der Waals surface area contributed by atoms with Crippen LogP contribution in [0.1, 0.15) is 20.3 Å². The van der Waals surface area contributed by atoms with Crippen LogP contribution in [0.4, 0.5) is 0 Å². The van der Waals surface area contributed by atoms with Crippen molar-refractivity contribution in [2.45, 2.75) is 20.3 Å². The Balaban J connectivity index is 3.08. The highest BCUT2D eigenvalue weighted by Crippen LogP contribution is 2.32. The third-order valence-electron chi connectivity index (χ3n) is 2.16. The minimum atomic E-state index is -0.636. The number of Topliss-reactive ketones (excluding diaryl/α,β-unsaturated/α-hetero) is 1. The molecule has 0 bridgehead atoms. The van der Waals surface area contributed by atoms with Gasteiger partial charge in [-0.1, -0.05) is 0 Å². The molecule has 0 N–H and O–H groups in total. The average Bonchev–Trinajstić information content (AvgIpc) is 1.97. The van der Waals surface area contributed by atoms with E-state index in [1.807, 2.05) is 0 Å². The lowest BCUT2D eigenvalue weighted by atomic mass is 9.79. The van der Waals surface area contributed by atoms with E-state index in [-0.39, 0.29) is 18.0 Å². The van der Waals surface area contributed by atoms with Gasteiger partial charge in [-0.15, -0.1) is 0 Å². The first-order chi connectivity index (χ1) is 5.48. The fourth-order valence-electron chi connectivity index (χ4n) is 1.21. The second-order valence-corrected chi connectivity index (χ2v) is 3.40. The summed E-state index contributed by atoms with van der Waals surface area (Å²) in [5.74, 6) is 0.215. The molecule has 0 unspecified atom stereocenters. The molecular formula is C9H12O3.